The van der Waals surface area contributed by atoms with Gasteiger partial charge in [-0.2, -0.15) is 8.78 Å². The number of hydrogen-bond donors (Lipinski definition) is 1. The first-order valence-electron chi connectivity index (χ1n) is 6.14. The number of nitrogens with zero attached hydrogens (tertiary/aromatic N) is 1. The Hall–Kier alpha value is -2.58. The number of aliphatic carboxylic acids is 1. The molecule has 1 unspecified atom stereocenters. The number of carboxylic acid groups (broad SMARTS) is 1. The van der Waals surface area contributed by atoms with Crippen LogP contribution in [0.5, 0.6) is 0 Å². The summed E-state index contributed by atoms with van der Waals surface area (Å²) in [7, 11) is 0. The molecule has 22 heavy (non-hydrogen) atoms. The summed E-state index contributed by atoms with van der Waals surface area (Å²) in [5, 5.41) is 19.0. The van der Waals surface area contributed by atoms with E-state index in [4.69, 9.17) is 5.11 Å². The van der Waals surface area contributed by atoms with Crippen LogP contribution < -0.4 is 0 Å². The molecule has 1 aromatic carbocycles. The minimum Gasteiger partial charge on any atom is -0.477 e. The second-order valence-corrected chi connectivity index (χ2v) is 4.80. The van der Waals surface area contributed by atoms with Gasteiger partial charge in [-0.15, -0.1) is 0 Å². The zero-order chi connectivity index (χ0) is 17.1. The van der Waals surface area contributed by atoms with Crippen molar-refractivity contribution in [1.29, 1.82) is 0 Å². The molecule has 1 aromatic rings. The number of nitro benzene ring substituents is 1. The molecule has 0 aromatic heterocycles. The van der Waals surface area contributed by atoms with Crippen LogP contribution in [0.1, 0.15) is 24.2 Å². The number of nitro groups is 1. The Kier molecular flexibility index (Phi) is 5.13. The molecule has 0 saturated heterocycles. The van der Waals surface area contributed by atoms with Gasteiger partial charge in [0.15, 0.2) is 6.10 Å². The standard InChI is InChI=1S/C13H13F2NO6/c1-7(2)10(13(14,15)12(18)19)22-11(17)8-3-5-9(6-4-8)16(20)21/h3-7,10H,1-2H3,(H,18,19). The van der Waals surface area contributed by atoms with Crippen LogP contribution in [0.3, 0.4) is 0 Å². The first kappa shape index (κ1) is 17.5. The Labute approximate surface area is 123 Å². The minimum atomic E-state index is -4.25. The van der Waals surface area contributed by atoms with Crippen molar-refractivity contribution in [3.8, 4) is 0 Å². The lowest BCUT2D eigenvalue weighted by molar-refractivity contribution is -0.384. The molecule has 0 saturated carbocycles. The number of halogens is 2. The van der Waals surface area contributed by atoms with Crippen LogP contribution in [0.4, 0.5) is 14.5 Å². The van der Waals surface area contributed by atoms with Crippen molar-refractivity contribution in [2.45, 2.75) is 25.9 Å². The topological polar surface area (TPSA) is 107 Å². The fourth-order valence-corrected chi connectivity index (χ4v) is 1.65. The second-order valence-electron chi connectivity index (χ2n) is 4.80. The minimum absolute atomic E-state index is 0.197. The molecule has 7 nitrogen and oxygen atoms in total. The molecular formula is C13H13F2NO6. The molecule has 0 aliphatic carbocycles. The zero-order valence-corrected chi connectivity index (χ0v) is 11.7. The molecule has 0 aliphatic rings. The van der Waals surface area contributed by atoms with Crippen LogP contribution in [0.2, 0.25) is 0 Å². The Bertz CT molecular complexity index is 585. The van der Waals surface area contributed by atoms with E-state index in [1.807, 2.05) is 0 Å². The predicted molar refractivity (Wildman–Crippen MR) is 69.7 cm³/mol. The van der Waals surface area contributed by atoms with Gasteiger partial charge in [0.25, 0.3) is 5.69 Å². The normalized spacial score (nSPS) is 12.8. The Balaban J connectivity index is 2.97. The third kappa shape index (κ3) is 3.74. The number of alkyl halides is 2. The van der Waals surface area contributed by atoms with E-state index in [1.165, 1.54) is 13.8 Å². The summed E-state index contributed by atoms with van der Waals surface area (Å²) in [4.78, 5) is 32.2. The van der Waals surface area contributed by atoms with Gasteiger partial charge in [0.1, 0.15) is 0 Å². The molecule has 0 radical (unpaired) electrons. The van der Waals surface area contributed by atoms with E-state index in [-0.39, 0.29) is 11.3 Å². The molecule has 0 amide bonds. The molecule has 1 rings (SSSR count). The summed E-state index contributed by atoms with van der Waals surface area (Å²) >= 11 is 0. The molecule has 120 valence electrons. The number of hydrogen-bond acceptors (Lipinski definition) is 5. The van der Waals surface area contributed by atoms with Crippen LogP contribution in [-0.4, -0.2) is 34.0 Å². The van der Waals surface area contributed by atoms with Gasteiger partial charge >= 0.3 is 17.9 Å². The van der Waals surface area contributed by atoms with Crippen molar-refractivity contribution in [2.75, 3.05) is 0 Å². The first-order valence-corrected chi connectivity index (χ1v) is 6.14. The maximum absolute atomic E-state index is 13.5. The van der Waals surface area contributed by atoms with Gasteiger partial charge in [-0.25, -0.2) is 9.59 Å². The summed E-state index contributed by atoms with van der Waals surface area (Å²) < 4.78 is 31.7. The van der Waals surface area contributed by atoms with Crippen molar-refractivity contribution < 1.29 is 33.1 Å². The Morgan fingerprint density at radius 1 is 1.27 bits per heavy atom. The number of benzene rings is 1. The van der Waals surface area contributed by atoms with Gasteiger partial charge in [-0.3, -0.25) is 10.1 Å². The highest BCUT2D eigenvalue weighted by Crippen LogP contribution is 2.28. The summed E-state index contributed by atoms with van der Waals surface area (Å²) in [5.74, 6) is -8.78. The summed E-state index contributed by atoms with van der Waals surface area (Å²) in [6, 6.07) is 4.10. The predicted octanol–water partition coefficient (Wildman–Crippen LogP) is 2.50. The molecule has 0 bridgehead atoms. The number of rotatable bonds is 6. The van der Waals surface area contributed by atoms with Crippen molar-refractivity contribution in [3.05, 3.63) is 39.9 Å². The van der Waals surface area contributed by atoms with Gasteiger partial charge in [0.05, 0.1) is 10.5 Å². The van der Waals surface area contributed by atoms with Crippen LogP contribution in [0.15, 0.2) is 24.3 Å². The molecular weight excluding hydrogens is 304 g/mol. The quantitative estimate of drug-likeness (QED) is 0.491. The van der Waals surface area contributed by atoms with E-state index in [9.17, 15) is 28.5 Å². The fourth-order valence-electron chi connectivity index (χ4n) is 1.65. The largest absolute Gasteiger partial charge is 0.477 e. The molecule has 1 atom stereocenters. The fraction of sp³-hybridized carbons (Fsp3) is 0.385. The van der Waals surface area contributed by atoms with Crippen molar-refractivity contribution in [1.82, 2.24) is 0 Å². The van der Waals surface area contributed by atoms with Gasteiger partial charge in [0.2, 0.25) is 0 Å². The third-order valence-electron chi connectivity index (χ3n) is 2.80. The SMILES string of the molecule is CC(C)C(OC(=O)c1ccc([N+](=O)[O-])cc1)C(F)(F)C(=O)O. The van der Waals surface area contributed by atoms with Gasteiger partial charge < -0.3 is 9.84 Å². The smallest absolute Gasteiger partial charge is 0.378 e. The number of esters is 1. The van der Waals surface area contributed by atoms with E-state index in [0.717, 1.165) is 24.3 Å². The molecule has 1 N–H and O–H groups in total. The van der Waals surface area contributed by atoms with Crippen LogP contribution in [0.25, 0.3) is 0 Å². The van der Waals surface area contributed by atoms with Gasteiger partial charge in [-0.1, -0.05) is 13.8 Å². The zero-order valence-electron chi connectivity index (χ0n) is 11.7. The van der Waals surface area contributed by atoms with E-state index in [2.05, 4.69) is 4.74 Å². The highest BCUT2D eigenvalue weighted by atomic mass is 19.3. The maximum Gasteiger partial charge on any atom is 0.378 e. The highest BCUT2D eigenvalue weighted by molar-refractivity contribution is 5.90. The number of non-ortho nitro benzene ring substituents is 1. The van der Waals surface area contributed by atoms with Crippen LogP contribution in [-0.2, 0) is 9.53 Å². The summed E-state index contributed by atoms with van der Waals surface area (Å²) in [6.45, 7) is 2.56. The molecule has 9 heteroatoms. The van der Waals surface area contributed by atoms with E-state index < -0.39 is 34.8 Å². The van der Waals surface area contributed by atoms with Crippen molar-refractivity contribution in [3.63, 3.8) is 0 Å². The number of carboxylic acids is 1. The average molecular weight is 317 g/mol. The van der Waals surface area contributed by atoms with Crippen LogP contribution in [0, 0.1) is 16.0 Å². The summed E-state index contributed by atoms with van der Waals surface area (Å²) in [5.41, 5.74) is -0.481. The lowest BCUT2D eigenvalue weighted by atomic mass is 10.0. The van der Waals surface area contributed by atoms with Gasteiger partial charge in [-0.05, 0) is 18.1 Å². The third-order valence-corrected chi connectivity index (χ3v) is 2.80. The lowest BCUT2D eigenvalue weighted by Gasteiger charge is -2.26. The number of carbonyl (C=O) groups is 2. The Morgan fingerprint density at radius 2 is 1.77 bits per heavy atom. The molecule has 0 heterocycles. The molecule has 0 aliphatic heterocycles. The summed E-state index contributed by atoms with van der Waals surface area (Å²) in [6.07, 6.45) is -2.16. The second kappa shape index (κ2) is 6.46. The van der Waals surface area contributed by atoms with Gasteiger partial charge in [0, 0.05) is 12.1 Å². The van der Waals surface area contributed by atoms with Crippen LogP contribution >= 0.6 is 0 Å². The monoisotopic (exact) mass is 317 g/mol. The highest BCUT2D eigenvalue weighted by Gasteiger charge is 2.51. The van der Waals surface area contributed by atoms with E-state index >= 15 is 0 Å². The van der Waals surface area contributed by atoms with E-state index in [0.29, 0.717) is 0 Å². The first-order chi connectivity index (χ1) is 10.1. The average Bonchev–Trinajstić information content (AvgIpc) is 2.43. The molecule has 0 fully saturated rings. The molecule has 0 spiro atoms. The maximum atomic E-state index is 13.5. The number of ether oxygens (including phenoxy) is 1. The van der Waals surface area contributed by atoms with E-state index in [1.54, 1.807) is 0 Å². The van der Waals surface area contributed by atoms with Crippen molar-refractivity contribution in [2.24, 2.45) is 5.92 Å². The lowest BCUT2D eigenvalue weighted by Crippen LogP contribution is -2.47. The number of carbonyl (C=O) groups excluding carboxylic acids is 1. The Morgan fingerprint density at radius 3 is 2.14 bits per heavy atom. The van der Waals surface area contributed by atoms with Crippen molar-refractivity contribution >= 4 is 17.6 Å².